The monoisotopic (exact) mass is 522 g/mol. The number of fused-ring (bicyclic) bond motifs is 1. The molecule has 0 amide bonds. The Hall–Kier alpha value is -2.97. The van der Waals surface area contributed by atoms with E-state index in [2.05, 4.69) is 0 Å². The maximum Gasteiger partial charge on any atom is 0.331 e. The van der Waals surface area contributed by atoms with Crippen LogP contribution >= 0.6 is 0 Å². The highest BCUT2D eigenvalue weighted by Crippen LogP contribution is 2.41. The summed E-state index contributed by atoms with van der Waals surface area (Å²) in [7, 11) is 1.41. The zero-order valence-corrected chi connectivity index (χ0v) is 19.9. The number of methoxy groups -OCH3 is 1. The van der Waals surface area contributed by atoms with E-state index in [9.17, 15) is 35.4 Å². The molecular formula is C25H30O12. The van der Waals surface area contributed by atoms with Crippen molar-refractivity contribution in [1.82, 2.24) is 0 Å². The highest BCUT2D eigenvalue weighted by molar-refractivity contribution is 5.87. The molecule has 0 spiro atoms. The summed E-state index contributed by atoms with van der Waals surface area (Å²) in [5.41, 5.74) is 1.10. The van der Waals surface area contributed by atoms with Crippen molar-refractivity contribution in [3.8, 4) is 11.5 Å². The molecule has 3 aliphatic rings. The molecule has 1 aromatic rings. The van der Waals surface area contributed by atoms with Gasteiger partial charge < -0.3 is 54.3 Å². The van der Waals surface area contributed by atoms with Gasteiger partial charge in [-0.2, -0.15) is 0 Å². The molecule has 1 aliphatic carbocycles. The van der Waals surface area contributed by atoms with Gasteiger partial charge in [0.15, 0.2) is 17.8 Å². The molecule has 12 heteroatoms. The third kappa shape index (κ3) is 5.80. The van der Waals surface area contributed by atoms with Crippen LogP contribution in [0.4, 0.5) is 0 Å². The summed E-state index contributed by atoms with van der Waals surface area (Å²) in [5.74, 6) is -1.54. The highest BCUT2D eigenvalue weighted by atomic mass is 16.8. The average molecular weight is 523 g/mol. The van der Waals surface area contributed by atoms with Crippen LogP contribution in [-0.2, 0) is 23.7 Å². The second-order valence-electron chi connectivity index (χ2n) is 8.87. The molecule has 0 unspecified atom stereocenters. The minimum Gasteiger partial charge on any atom is -0.504 e. The molecular weight excluding hydrogens is 492 g/mol. The van der Waals surface area contributed by atoms with Crippen molar-refractivity contribution < 1.29 is 59.1 Å². The third-order valence-electron chi connectivity index (χ3n) is 6.54. The molecule has 4 rings (SSSR count). The Morgan fingerprint density at radius 3 is 2.62 bits per heavy atom. The van der Waals surface area contributed by atoms with Crippen LogP contribution in [-0.4, -0.2) is 100 Å². The topological polar surface area (TPSA) is 185 Å². The lowest BCUT2D eigenvalue weighted by atomic mass is 9.88. The van der Waals surface area contributed by atoms with Gasteiger partial charge in [0.1, 0.15) is 31.0 Å². The molecule has 202 valence electrons. The third-order valence-corrected chi connectivity index (χ3v) is 6.54. The fraction of sp³-hybridized carbons (Fsp3) is 0.480. The van der Waals surface area contributed by atoms with Gasteiger partial charge in [-0.15, -0.1) is 0 Å². The smallest absolute Gasteiger partial charge is 0.331 e. The molecule has 0 aromatic heterocycles. The lowest BCUT2D eigenvalue weighted by Crippen LogP contribution is -2.60. The van der Waals surface area contributed by atoms with Gasteiger partial charge in [-0.25, -0.2) is 4.79 Å². The van der Waals surface area contributed by atoms with E-state index >= 15 is 0 Å². The zero-order valence-electron chi connectivity index (χ0n) is 19.9. The Morgan fingerprint density at radius 2 is 1.89 bits per heavy atom. The summed E-state index contributed by atoms with van der Waals surface area (Å²) >= 11 is 0. The molecule has 1 aromatic carbocycles. The molecule has 2 aliphatic heterocycles. The van der Waals surface area contributed by atoms with Crippen LogP contribution in [0.5, 0.6) is 11.5 Å². The largest absolute Gasteiger partial charge is 0.504 e. The molecule has 1 fully saturated rings. The summed E-state index contributed by atoms with van der Waals surface area (Å²) in [6, 6.07) is 4.57. The SMILES string of the molecule is COc1cc(/C=C/C(=O)OCC2=C[C@@H](O)[C@@H]3C=CO[C@@H](O[C@@H]4O[C@H](CO)[C@@H](O)[C@H](O)[C@H]4O)[C@H]23)ccc1O. The van der Waals surface area contributed by atoms with Crippen LogP contribution in [0.3, 0.4) is 0 Å². The van der Waals surface area contributed by atoms with Gasteiger partial charge in [-0.3, -0.25) is 0 Å². The van der Waals surface area contributed by atoms with Gasteiger partial charge in [0, 0.05) is 12.0 Å². The second kappa shape index (κ2) is 11.6. The van der Waals surface area contributed by atoms with Crippen molar-refractivity contribution in [2.45, 2.75) is 43.1 Å². The minimum atomic E-state index is -1.63. The number of benzene rings is 1. The van der Waals surface area contributed by atoms with Crippen molar-refractivity contribution in [2.75, 3.05) is 20.3 Å². The number of aromatic hydroxyl groups is 1. The van der Waals surface area contributed by atoms with E-state index < -0.39 is 67.5 Å². The summed E-state index contributed by atoms with van der Waals surface area (Å²) in [6.07, 6.45) is -2.25. The Labute approximate surface area is 212 Å². The van der Waals surface area contributed by atoms with Crippen LogP contribution in [0.15, 0.2) is 48.3 Å². The fourth-order valence-electron chi connectivity index (χ4n) is 4.53. The summed E-state index contributed by atoms with van der Waals surface area (Å²) in [4.78, 5) is 12.3. The molecule has 2 heterocycles. The summed E-state index contributed by atoms with van der Waals surface area (Å²) < 4.78 is 27.1. The Bertz CT molecular complexity index is 1050. The number of phenolic OH excluding ortho intramolecular Hbond substituents is 1. The van der Waals surface area contributed by atoms with Gasteiger partial charge in [0.25, 0.3) is 0 Å². The van der Waals surface area contributed by atoms with Crippen molar-refractivity contribution in [1.29, 1.82) is 0 Å². The number of hydrogen-bond donors (Lipinski definition) is 6. The number of ether oxygens (including phenoxy) is 5. The fourth-order valence-corrected chi connectivity index (χ4v) is 4.53. The van der Waals surface area contributed by atoms with Crippen LogP contribution in [0.1, 0.15) is 5.56 Å². The summed E-state index contributed by atoms with van der Waals surface area (Å²) in [6.45, 7) is -0.807. The van der Waals surface area contributed by atoms with E-state index in [0.717, 1.165) is 0 Å². The number of aliphatic hydroxyl groups excluding tert-OH is 5. The van der Waals surface area contributed by atoms with Gasteiger partial charge in [0.05, 0.1) is 32.0 Å². The molecule has 37 heavy (non-hydrogen) atoms. The van der Waals surface area contributed by atoms with Gasteiger partial charge in [-0.05, 0) is 35.4 Å². The number of rotatable bonds is 8. The molecule has 6 N–H and O–H groups in total. The number of carbonyl (C=O) groups is 1. The van der Waals surface area contributed by atoms with Crippen LogP contribution in [0.25, 0.3) is 6.08 Å². The number of esters is 1. The van der Waals surface area contributed by atoms with Crippen molar-refractivity contribution in [2.24, 2.45) is 11.8 Å². The van der Waals surface area contributed by atoms with E-state index in [1.54, 1.807) is 18.2 Å². The van der Waals surface area contributed by atoms with Crippen molar-refractivity contribution in [3.05, 3.63) is 53.8 Å². The Morgan fingerprint density at radius 1 is 1.11 bits per heavy atom. The summed E-state index contributed by atoms with van der Waals surface area (Å²) in [5, 5.41) is 59.9. The van der Waals surface area contributed by atoms with E-state index in [1.807, 2.05) is 0 Å². The molecule has 0 bridgehead atoms. The highest BCUT2D eigenvalue weighted by Gasteiger charge is 2.49. The van der Waals surface area contributed by atoms with Gasteiger partial charge >= 0.3 is 5.97 Å². The second-order valence-corrected chi connectivity index (χ2v) is 8.87. The van der Waals surface area contributed by atoms with Crippen LogP contribution < -0.4 is 4.74 Å². The molecule has 12 nitrogen and oxygen atoms in total. The number of carbonyl (C=O) groups excluding carboxylic acids is 1. The van der Waals surface area contributed by atoms with Crippen molar-refractivity contribution >= 4 is 12.0 Å². The van der Waals surface area contributed by atoms with Gasteiger partial charge in [-0.1, -0.05) is 12.1 Å². The normalized spacial score (nSPS) is 35.1. The Balaban J connectivity index is 1.40. The first-order chi connectivity index (χ1) is 17.7. The molecule has 0 radical (unpaired) electrons. The van der Waals surface area contributed by atoms with Crippen LogP contribution in [0, 0.1) is 11.8 Å². The first-order valence-corrected chi connectivity index (χ1v) is 11.6. The Kier molecular flexibility index (Phi) is 8.49. The first-order valence-electron chi connectivity index (χ1n) is 11.6. The van der Waals surface area contributed by atoms with E-state index in [-0.39, 0.29) is 18.1 Å². The van der Waals surface area contributed by atoms with E-state index in [1.165, 1.54) is 37.7 Å². The lowest BCUT2D eigenvalue weighted by molar-refractivity contribution is -0.339. The standard InChI is InChI=1S/C25H30O12/c1-33-17-8-12(2-4-15(17)27)3-5-19(29)35-11-13-9-16(28)14-6-7-34-24(20(13)14)37-25-23(32)22(31)21(30)18(10-26)36-25/h2-9,14,16,18,20-28,30-32H,10-11H2,1H3/b5-3+/t14-,16+,18+,20+,21+,22-,23+,24-,25-/m0/s1. The zero-order chi connectivity index (χ0) is 26.7. The predicted octanol–water partition coefficient (Wildman–Crippen LogP) is -0.823. The first kappa shape index (κ1) is 27.1. The average Bonchev–Trinajstić information content (AvgIpc) is 3.23. The maximum absolute atomic E-state index is 12.3. The van der Waals surface area contributed by atoms with E-state index in [4.69, 9.17) is 23.7 Å². The number of phenols is 1. The molecule has 0 saturated carbocycles. The van der Waals surface area contributed by atoms with Crippen molar-refractivity contribution in [3.63, 3.8) is 0 Å². The predicted molar refractivity (Wildman–Crippen MR) is 125 cm³/mol. The minimum absolute atomic E-state index is 0.0345. The molecule has 1 saturated heterocycles. The molecule has 9 atom stereocenters. The number of hydrogen-bond acceptors (Lipinski definition) is 12. The quantitative estimate of drug-likeness (QED) is 0.142. The number of aliphatic hydroxyl groups is 5. The van der Waals surface area contributed by atoms with Crippen LogP contribution in [0.2, 0.25) is 0 Å². The maximum atomic E-state index is 12.3. The van der Waals surface area contributed by atoms with Gasteiger partial charge in [0.2, 0.25) is 6.29 Å². The van der Waals surface area contributed by atoms with E-state index in [0.29, 0.717) is 11.1 Å². The lowest BCUT2D eigenvalue weighted by Gasteiger charge is -2.42.